The maximum absolute atomic E-state index is 5.92. The lowest BCUT2D eigenvalue weighted by molar-refractivity contribution is 0.0828. The molecule has 0 bridgehead atoms. The van der Waals surface area contributed by atoms with Crippen LogP contribution in [0.3, 0.4) is 0 Å². The van der Waals surface area contributed by atoms with Gasteiger partial charge in [0.15, 0.2) is 0 Å². The monoisotopic (exact) mass is 198 g/mol. The summed E-state index contributed by atoms with van der Waals surface area (Å²) in [7, 11) is 0. The normalized spacial score (nSPS) is 21.6. The first-order chi connectivity index (χ1) is 6.53. The predicted octanol–water partition coefficient (Wildman–Crippen LogP) is 2.23. The Morgan fingerprint density at radius 2 is 2.00 bits per heavy atom. The Morgan fingerprint density at radius 1 is 1.43 bits per heavy atom. The van der Waals surface area contributed by atoms with E-state index in [0.717, 1.165) is 24.9 Å². The summed E-state index contributed by atoms with van der Waals surface area (Å²) in [4.78, 5) is 2.65. The van der Waals surface area contributed by atoms with Crippen molar-refractivity contribution in [2.45, 2.75) is 58.5 Å². The van der Waals surface area contributed by atoms with Gasteiger partial charge in [-0.2, -0.15) is 0 Å². The SMILES string of the molecule is CCC(C)(CN)N(CC(C)C)C1CC1. The second kappa shape index (κ2) is 4.63. The van der Waals surface area contributed by atoms with Gasteiger partial charge in [0.2, 0.25) is 0 Å². The van der Waals surface area contributed by atoms with Crippen LogP contribution in [0.4, 0.5) is 0 Å². The molecule has 1 fully saturated rings. The number of nitrogens with two attached hydrogens (primary N) is 1. The average molecular weight is 198 g/mol. The molecule has 0 radical (unpaired) electrons. The van der Waals surface area contributed by atoms with Gasteiger partial charge in [0, 0.05) is 24.7 Å². The van der Waals surface area contributed by atoms with Crippen molar-refractivity contribution in [3.63, 3.8) is 0 Å². The molecule has 84 valence electrons. The van der Waals surface area contributed by atoms with Crippen LogP contribution in [0.15, 0.2) is 0 Å². The lowest BCUT2D eigenvalue weighted by Crippen LogP contribution is -2.53. The minimum absolute atomic E-state index is 0.228. The summed E-state index contributed by atoms with van der Waals surface area (Å²) >= 11 is 0. The minimum atomic E-state index is 0.228. The Hall–Kier alpha value is -0.0800. The first-order valence-electron chi connectivity index (χ1n) is 6.00. The fraction of sp³-hybridized carbons (Fsp3) is 1.00. The van der Waals surface area contributed by atoms with Crippen LogP contribution in [0.25, 0.3) is 0 Å². The summed E-state index contributed by atoms with van der Waals surface area (Å²) in [5.74, 6) is 0.744. The van der Waals surface area contributed by atoms with E-state index in [-0.39, 0.29) is 5.54 Å². The Labute approximate surface area is 88.8 Å². The van der Waals surface area contributed by atoms with Crippen LogP contribution in [0.5, 0.6) is 0 Å². The molecule has 1 aliphatic rings. The Bertz CT molecular complexity index is 169. The summed E-state index contributed by atoms with van der Waals surface area (Å²) < 4.78 is 0. The van der Waals surface area contributed by atoms with E-state index in [1.54, 1.807) is 0 Å². The summed E-state index contributed by atoms with van der Waals surface area (Å²) in [6.45, 7) is 11.1. The molecular weight excluding hydrogens is 172 g/mol. The molecule has 0 saturated heterocycles. The fourth-order valence-electron chi connectivity index (χ4n) is 2.05. The van der Waals surface area contributed by atoms with Crippen molar-refractivity contribution in [2.24, 2.45) is 11.7 Å². The highest BCUT2D eigenvalue weighted by atomic mass is 15.2. The minimum Gasteiger partial charge on any atom is -0.329 e. The zero-order valence-electron chi connectivity index (χ0n) is 10.2. The highest BCUT2D eigenvalue weighted by Gasteiger charge is 2.39. The molecule has 1 saturated carbocycles. The van der Waals surface area contributed by atoms with Gasteiger partial charge in [0.25, 0.3) is 0 Å². The van der Waals surface area contributed by atoms with Crippen molar-refractivity contribution in [2.75, 3.05) is 13.1 Å². The number of rotatable bonds is 6. The molecule has 2 N–H and O–H groups in total. The second-order valence-electron chi connectivity index (χ2n) is 5.33. The van der Waals surface area contributed by atoms with Crippen molar-refractivity contribution in [3.8, 4) is 0 Å². The first-order valence-corrected chi connectivity index (χ1v) is 6.00. The van der Waals surface area contributed by atoms with E-state index in [1.165, 1.54) is 19.4 Å². The Kier molecular flexibility index (Phi) is 3.96. The maximum Gasteiger partial charge on any atom is 0.0304 e. The largest absolute Gasteiger partial charge is 0.329 e. The van der Waals surface area contributed by atoms with Gasteiger partial charge in [-0.25, -0.2) is 0 Å². The molecule has 1 rings (SSSR count). The molecular formula is C12H26N2. The van der Waals surface area contributed by atoms with E-state index in [4.69, 9.17) is 5.73 Å². The molecule has 0 aromatic carbocycles. The van der Waals surface area contributed by atoms with Crippen molar-refractivity contribution in [3.05, 3.63) is 0 Å². The van der Waals surface area contributed by atoms with Gasteiger partial charge in [-0.1, -0.05) is 20.8 Å². The van der Waals surface area contributed by atoms with E-state index in [1.807, 2.05) is 0 Å². The zero-order valence-corrected chi connectivity index (χ0v) is 10.2. The molecule has 0 spiro atoms. The van der Waals surface area contributed by atoms with Gasteiger partial charge in [-0.05, 0) is 32.1 Å². The summed E-state index contributed by atoms with van der Waals surface area (Å²) in [5, 5.41) is 0. The molecule has 1 aliphatic carbocycles. The molecule has 0 aromatic heterocycles. The van der Waals surface area contributed by atoms with E-state index < -0.39 is 0 Å². The smallest absolute Gasteiger partial charge is 0.0304 e. The molecule has 0 amide bonds. The van der Waals surface area contributed by atoms with Gasteiger partial charge in [0.1, 0.15) is 0 Å². The second-order valence-corrected chi connectivity index (χ2v) is 5.33. The molecule has 0 aliphatic heterocycles. The molecule has 1 atom stereocenters. The topological polar surface area (TPSA) is 29.3 Å². The molecule has 14 heavy (non-hydrogen) atoms. The predicted molar refractivity (Wildman–Crippen MR) is 62.3 cm³/mol. The number of nitrogens with zero attached hydrogens (tertiary/aromatic N) is 1. The average Bonchev–Trinajstić information content (AvgIpc) is 2.96. The third-order valence-electron chi connectivity index (χ3n) is 3.44. The molecule has 0 heterocycles. The molecule has 2 heteroatoms. The van der Waals surface area contributed by atoms with Gasteiger partial charge < -0.3 is 5.73 Å². The van der Waals surface area contributed by atoms with Crippen molar-refractivity contribution >= 4 is 0 Å². The van der Waals surface area contributed by atoms with Crippen LogP contribution in [-0.2, 0) is 0 Å². The standard InChI is InChI=1S/C12H26N2/c1-5-12(4,9-13)14(8-10(2)3)11-6-7-11/h10-11H,5-9,13H2,1-4H3. The fourth-order valence-corrected chi connectivity index (χ4v) is 2.05. The Balaban J connectivity index is 2.64. The van der Waals surface area contributed by atoms with E-state index in [9.17, 15) is 0 Å². The van der Waals surface area contributed by atoms with Crippen molar-refractivity contribution in [1.29, 1.82) is 0 Å². The van der Waals surface area contributed by atoms with E-state index in [0.29, 0.717) is 0 Å². The highest BCUT2D eigenvalue weighted by Crippen LogP contribution is 2.34. The molecule has 0 aromatic rings. The zero-order chi connectivity index (χ0) is 10.8. The summed E-state index contributed by atoms with van der Waals surface area (Å²) in [6.07, 6.45) is 3.91. The molecule has 1 unspecified atom stereocenters. The van der Waals surface area contributed by atoms with Gasteiger partial charge in [-0.3, -0.25) is 4.90 Å². The van der Waals surface area contributed by atoms with Crippen LogP contribution in [0.2, 0.25) is 0 Å². The van der Waals surface area contributed by atoms with Crippen molar-refractivity contribution < 1.29 is 0 Å². The Morgan fingerprint density at radius 3 is 2.29 bits per heavy atom. The van der Waals surface area contributed by atoms with Crippen LogP contribution in [0, 0.1) is 5.92 Å². The third kappa shape index (κ3) is 2.71. The lowest BCUT2D eigenvalue weighted by atomic mass is 9.95. The van der Waals surface area contributed by atoms with Crippen LogP contribution < -0.4 is 5.73 Å². The highest BCUT2D eigenvalue weighted by molar-refractivity contribution is 4.96. The van der Waals surface area contributed by atoms with E-state index in [2.05, 4.69) is 32.6 Å². The van der Waals surface area contributed by atoms with Gasteiger partial charge in [0.05, 0.1) is 0 Å². The van der Waals surface area contributed by atoms with E-state index >= 15 is 0 Å². The first kappa shape index (κ1) is 12.0. The number of hydrogen-bond donors (Lipinski definition) is 1. The van der Waals surface area contributed by atoms with Crippen LogP contribution in [0.1, 0.15) is 47.0 Å². The summed E-state index contributed by atoms with van der Waals surface area (Å²) in [6, 6.07) is 0.825. The summed E-state index contributed by atoms with van der Waals surface area (Å²) in [5.41, 5.74) is 6.15. The van der Waals surface area contributed by atoms with Gasteiger partial charge in [-0.15, -0.1) is 0 Å². The van der Waals surface area contributed by atoms with Crippen LogP contribution in [-0.4, -0.2) is 29.6 Å². The van der Waals surface area contributed by atoms with Crippen molar-refractivity contribution in [1.82, 2.24) is 4.90 Å². The quantitative estimate of drug-likeness (QED) is 0.709. The van der Waals surface area contributed by atoms with Gasteiger partial charge >= 0.3 is 0 Å². The number of hydrogen-bond acceptors (Lipinski definition) is 2. The third-order valence-corrected chi connectivity index (χ3v) is 3.44. The maximum atomic E-state index is 5.92. The molecule has 2 nitrogen and oxygen atoms in total. The van der Waals surface area contributed by atoms with Crippen LogP contribution >= 0.6 is 0 Å². The lowest BCUT2D eigenvalue weighted by Gasteiger charge is -2.41.